The molecule has 1 aromatic rings. The molecule has 0 radical (unpaired) electrons. The van der Waals surface area contributed by atoms with Crippen LogP contribution in [0.1, 0.15) is 23.8 Å². The average molecular weight is 295 g/mol. The van der Waals surface area contributed by atoms with Crippen LogP contribution in [-0.2, 0) is 13.8 Å². The number of halogens is 1. The number of aromatic nitrogens is 1. The molecule has 0 saturated heterocycles. The van der Waals surface area contributed by atoms with Gasteiger partial charge in [-0.2, -0.15) is 0 Å². The molecule has 0 spiro atoms. The zero-order valence-corrected chi connectivity index (χ0v) is 11.6. The number of aromatic amines is 1. The molecule has 6 nitrogen and oxygen atoms in total. The summed E-state index contributed by atoms with van der Waals surface area (Å²) >= 11 is 0. The summed E-state index contributed by atoms with van der Waals surface area (Å²) in [5.41, 5.74) is 0.142. The Morgan fingerprint density at radius 1 is 1.61 bits per heavy atom. The summed E-state index contributed by atoms with van der Waals surface area (Å²) in [6.45, 7) is 2.30. The number of carbonyl (C=O) groups is 1. The molecule has 1 aromatic heterocycles. The number of ether oxygens (including phenoxy) is 1. The molecule has 1 amide bonds. The first-order valence-electron chi connectivity index (χ1n) is 5.31. The predicted octanol–water partition coefficient (Wildman–Crippen LogP) is 1.10. The first kappa shape index (κ1) is 15.0. The lowest BCUT2D eigenvalue weighted by atomic mass is 10.2. The van der Waals surface area contributed by atoms with Crippen molar-refractivity contribution in [3.8, 4) is 0 Å². The second-order valence-corrected chi connectivity index (χ2v) is 6.29. The molecular formula is C10H15ClN2O4S. The van der Waals surface area contributed by atoms with E-state index in [0.717, 1.165) is 0 Å². The van der Waals surface area contributed by atoms with Crippen molar-refractivity contribution in [1.29, 1.82) is 0 Å². The van der Waals surface area contributed by atoms with Gasteiger partial charge in [0.15, 0.2) is 0 Å². The zero-order chi connectivity index (χ0) is 13.8. The third kappa shape index (κ3) is 4.01. The van der Waals surface area contributed by atoms with Gasteiger partial charge in [0.05, 0.1) is 12.6 Å². The van der Waals surface area contributed by atoms with Gasteiger partial charge in [0.25, 0.3) is 15.0 Å². The number of H-pyrrole nitrogens is 1. The van der Waals surface area contributed by atoms with E-state index in [2.05, 4.69) is 10.3 Å². The standard InChI is InChI=1S/C10H15ClN2O4S/c1-3-7(6-17-2)13-10(14)9-4-8(5-12-9)18(11,15)16/h4-5,7,12H,3,6H2,1-2H3,(H,13,14). The Bertz CT molecular complexity index is 512. The van der Waals surface area contributed by atoms with E-state index in [9.17, 15) is 13.2 Å². The van der Waals surface area contributed by atoms with E-state index >= 15 is 0 Å². The molecule has 18 heavy (non-hydrogen) atoms. The normalized spacial score (nSPS) is 13.3. The summed E-state index contributed by atoms with van der Waals surface area (Å²) in [5, 5.41) is 2.72. The van der Waals surface area contributed by atoms with Crippen molar-refractivity contribution in [3.05, 3.63) is 18.0 Å². The molecule has 0 fully saturated rings. The van der Waals surface area contributed by atoms with Crippen molar-refractivity contribution < 1.29 is 17.9 Å². The monoisotopic (exact) mass is 294 g/mol. The van der Waals surface area contributed by atoms with Gasteiger partial charge in [0.2, 0.25) is 0 Å². The second-order valence-electron chi connectivity index (χ2n) is 3.72. The molecule has 1 rings (SSSR count). The van der Waals surface area contributed by atoms with Gasteiger partial charge in [0.1, 0.15) is 10.6 Å². The Hall–Kier alpha value is -1.05. The van der Waals surface area contributed by atoms with Crippen LogP contribution in [0.5, 0.6) is 0 Å². The molecular weight excluding hydrogens is 280 g/mol. The number of methoxy groups -OCH3 is 1. The Labute approximate surface area is 110 Å². The van der Waals surface area contributed by atoms with Gasteiger partial charge in [-0.15, -0.1) is 0 Å². The highest BCUT2D eigenvalue weighted by molar-refractivity contribution is 8.13. The molecule has 0 aromatic carbocycles. The van der Waals surface area contributed by atoms with Crippen LogP contribution in [0.25, 0.3) is 0 Å². The summed E-state index contributed by atoms with van der Waals surface area (Å²) in [7, 11) is 2.88. The van der Waals surface area contributed by atoms with E-state index in [-0.39, 0.29) is 16.6 Å². The van der Waals surface area contributed by atoms with Gasteiger partial charge in [0, 0.05) is 24.0 Å². The van der Waals surface area contributed by atoms with Gasteiger partial charge in [-0.05, 0) is 12.5 Å². The van der Waals surface area contributed by atoms with Crippen molar-refractivity contribution in [2.24, 2.45) is 0 Å². The van der Waals surface area contributed by atoms with Gasteiger partial charge in [-0.3, -0.25) is 4.79 Å². The zero-order valence-electron chi connectivity index (χ0n) is 10.1. The van der Waals surface area contributed by atoms with Gasteiger partial charge in [-0.25, -0.2) is 8.42 Å². The lowest BCUT2D eigenvalue weighted by Gasteiger charge is -2.14. The van der Waals surface area contributed by atoms with E-state index in [1.165, 1.54) is 12.3 Å². The summed E-state index contributed by atoms with van der Waals surface area (Å²) in [6.07, 6.45) is 1.88. The van der Waals surface area contributed by atoms with Crippen LogP contribution >= 0.6 is 10.7 Å². The van der Waals surface area contributed by atoms with Crippen LogP contribution in [-0.4, -0.2) is 39.1 Å². The Balaban J connectivity index is 2.76. The highest BCUT2D eigenvalue weighted by Crippen LogP contribution is 2.15. The summed E-state index contributed by atoms with van der Waals surface area (Å²) in [6, 6.07) is 1.07. The smallest absolute Gasteiger partial charge is 0.268 e. The van der Waals surface area contributed by atoms with Crippen LogP contribution in [0.2, 0.25) is 0 Å². The number of carbonyl (C=O) groups excluding carboxylic acids is 1. The lowest BCUT2D eigenvalue weighted by molar-refractivity contribution is 0.0890. The largest absolute Gasteiger partial charge is 0.383 e. The quantitative estimate of drug-likeness (QED) is 0.769. The number of amides is 1. The minimum Gasteiger partial charge on any atom is -0.383 e. The van der Waals surface area contributed by atoms with Crippen LogP contribution < -0.4 is 5.32 Å². The summed E-state index contributed by atoms with van der Waals surface area (Å²) < 4.78 is 27.0. The highest BCUT2D eigenvalue weighted by Gasteiger charge is 2.17. The number of nitrogens with one attached hydrogen (secondary N) is 2. The fourth-order valence-electron chi connectivity index (χ4n) is 1.37. The van der Waals surface area contributed by atoms with E-state index in [4.69, 9.17) is 15.4 Å². The minimum atomic E-state index is -3.82. The Morgan fingerprint density at radius 2 is 2.28 bits per heavy atom. The van der Waals surface area contributed by atoms with Crippen molar-refractivity contribution in [2.45, 2.75) is 24.3 Å². The van der Waals surface area contributed by atoms with E-state index < -0.39 is 15.0 Å². The molecule has 0 aliphatic rings. The van der Waals surface area contributed by atoms with Crippen molar-refractivity contribution in [1.82, 2.24) is 10.3 Å². The van der Waals surface area contributed by atoms with Gasteiger partial charge >= 0.3 is 0 Å². The first-order valence-corrected chi connectivity index (χ1v) is 7.62. The highest BCUT2D eigenvalue weighted by atomic mass is 35.7. The third-order valence-electron chi connectivity index (χ3n) is 2.38. The van der Waals surface area contributed by atoms with Crippen LogP contribution in [0, 0.1) is 0 Å². The van der Waals surface area contributed by atoms with Gasteiger partial charge < -0.3 is 15.0 Å². The van der Waals surface area contributed by atoms with Crippen LogP contribution in [0.4, 0.5) is 0 Å². The van der Waals surface area contributed by atoms with Gasteiger partial charge in [-0.1, -0.05) is 6.92 Å². The van der Waals surface area contributed by atoms with Crippen molar-refractivity contribution in [2.75, 3.05) is 13.7 Å². The van der Waals surface area contributed by atoms with E-state index in [1.54, 1.807) is 7.11 Å². The molecule has 0 saturated carbocycles. The van der Waals surface area contributed by atoms with Crippen molar-refractivity contribution >= 4 is 25.6 Å². The number of hydrogen-bond acceptors (Lipinski definition) is 4. The van der Waals surface area contributed by atoms with E-state index in [0.29, 0.717) is 13.0 Å². The second kappa shape index (κ2) is 6.21. The molecule has 2 N–H and O–H groups in total. The van der Waals surface area contributed by atoms with Crippen molar-refractivity contribution in [3.63, 3.8) is 0 Å². The fraction of sp³-hybridized carbons (Fsp3) is 0.500. The topological polar surface area (TPSA) is 88.3 Å². The first-order chi connectivity index (χ1) is 8.38. The Morgan fingerprint density at radius 3 is 2.72 bits per heavy atom. The molecule has 8 heteroatoms. The molecule has 0 bridgehead atoms. The van der Waals surface area contributed by atoms with Crippen LogP contribution in [0.3, 0.4) is 0 Å². The summed E-state index contributed by atoms with van der Waals surface area (Å²) in [4.78, 5) is 14.2. The van der Waals surface area contributed by atoms with Crippen LogP contribution in [0.15, 0.2) is 17.2 Å². The summed E-state index contributed by atoms with van der Waals surface area (Å²) in [5.74, 6) is -0.398. The molecule has 0 aliphatic heterocycles. The maximum absolute atomic E-state index is 11.8. The molecule has 1 unspecified atom stereocenters. The fourth-order valence-corrected chi connectivity index (χ4v) is 2.10. The molecule has 1 heterocycles. The lowest BCUT2D eigenvalue weighted by Crippen LogP contribution is -2.37. The Kier molecular flexibility index (Phi) is 5.18. The molecule has 1 atom stereocenters. The maximum atomic E-state index is 11.8. The third-order valence-corrected chi connectivity index (χ3v) is 3.71. The minimum absolute atomic E-state index is 0.123. The van der Waals surface area contributed by atoms with E-state index in [1.807, 2.05) is 6.92 Å². The molecule has 0 aliphatic carbocycles. The average Bonchev–Trinajstić information content (AvgIpc) is 2.77. The number of hydrogen-bond donors (Lipinski definition) is 2. The SMILES string of the molecule is CCC(COC)NC(=O)c1cc(S(=O)(=O)Cl)c[nH]1. The molecule has 102 valence electrons. The maximum Gasteiger partial charge on any atom is 0.268 e. The predicted molar refractivity (Wildman–Crippen MR) is 67.3 cm³/mol. The number of rotatable bonds is 6.